The largest absolute Gasteiger partial charge is 0.454 e. The van der Waals surface area contributed by atoms with Gasteiger partial charge in [0.05, 0.1) is 5.56 Å². The van der Waals surface area contributed by atoms with Gasteiger partial charge in [-0.15, -0.1) is 0 Å². The molecule has 0 aliphatic carbocycles. The van der Waals surface area contributed by atoms with Gasteiger partial charge < -0.3 is 9.47 Å². The minimum Gasteiger partial charge on any atom is -0.454 e. The van der Waals surface area contributed by atoms with Crippen molar-refractivity contribution in [1.82, 2.24) is 19.7 Å². The van der Waals surface area contributed by atoms with Crippen LogP contribution in [0.15, 0.2) is 35.5 Å². The fraction of sp³-hybridized carbons (Fsp3) is 0.0714. The predicted octanol–water partition coefficient (Wildman–Crippen LogP) is 1.63. The van der Waals surface area contributed by atoms with Gasteiger partial charge in [-0.1, -0.05) is 0 Å². The number of aromatic nitrogens is 4. The highest BCUT2D eigenvalue weighted by Gasteiger charge is 2.27. The van der Waals surface area contributed by atoms with Gasteiger partial charge in [0.25, 0.3) is 11.5 Å². The molecule has 0 atom stereocenters. The van der Waals surface area contributed by atoms with E-state index in [9.17, 15) is 13.6 Å². The summed E-state index contributed by atoms with van der Waals surface area (Å²) in [7, 11) is 0. The van der Waals surface area contributed by atoms with Crippen LogP contribution in [0, 0.1) is 11.6 Å². The molecular weight excluding hydrogens is 310 g/mol. The summed E-state index contributed by atoms with van der Waals surface area (Å²) in [5.74, 6) is -2.91. The maximum atomic E-state index is 14.0. The van der Waals surface area contributed by atoms with Crippen molar-refractivity contribution in [3.63, 3.8) is 0 Å². The van der Waals surface area contributed by atoms with Gasteiger partial charge in [-0.2, -0.15) is 13.5 Å². The summed E-state index contributed by atoms with van der Waals surface area (Å²) >= 11 is 0. The van der Waals surface area contributed by atoms with E-state index in [-0.39, 0.29) is 35.4 Å². The summed E-state index contributed by atoms with van der Waals surface area (Å²) in [4.78, 5) is 20.4. The molecule has 1 N–H and O–H groups in total. The Kier molecular flexibility index (Phi) is 2.86. The number of rotatable bonds is 2. The molecule has 0 saturated carbocycles. The van der Waals surface area contributed by atoms with Crippen LogP contribution in [0.1, 0.15) is 0 Å². The molecule has 0 amide bonds. The van der Waals surface area contributed by atoms with Crippen molar-refractivity contribution in [2.24, 2.45) is 0 Å². The van der Waals surface area contributed by atoms with Gasteiger partial charge in [0.15, 0.2) is 11.5 Å². The molecule has 5 rings (SSSR count). The number of nitrogens with zero attached hydrogens (tertiary/aromatic N) is 3. The zero-order valence-corrected chi connectivity index (χ0v) is 11.4. The van der Waals surface area contributed by atoms with Crippen LogP contribution in [0.3, 0.4) is 0 Å². The Morgan fingerprint density at radius 2 is 1.91 bits per heavy atom. The molecule has 4 heterocycles. The van der Waals surface area contributed by atoms with Crippen LogP contribution < -0.4 is 15.0 Å². The van der Waals surface area contributed by atoms with E-state index >= 15 is 0 Å². The lowest BCUT2D eigenvalue weighted by molar-refractivity contribution is 0.123. The number of hydrogen-bond acceptors (Lipinski definition) is 5. The van der Waals surface area contributed by atoms with Crippen LogP contribution in [0.4, 0.5) is 8.78 Å². The zero-order chi connectivity index (χ0) is 16.0. The van der Waals surface area contributed by atoms with Gasteiger partial charge >= 0.3 is 0 Å². The van der Waals surface area contributed by atoms with E-state index < -0.39 is 17.2 Å². The maximum Gasteiger partial charge on any atom is 0.281 e. The second-order valence-electron chi connectivity index (χ2n) is 4.66. The monoisotopic (exact) mass is 318 g/mol. The van der Waals surface area contributed by atoms with Crippen molar-refractivity contribution in [3.8, 4) is 28.6 Å². The van der Waals surface area contributed by atoms with Crippen LogP contribution in [-0.4, -0.2) is 26.5 Å². The maximum absolute atomic E-state index is 14.0. The van der Waals surface area contributed by atoms with Gasteiger partial charge in [-0.05, 0) is 12.1 Å². The number of aromatic amines is 1. The Hall–Kier alpha value is -3.23. The smallest absolute Gasteiger partial charge is 0.281 e. The fourth-order valence-corrected chi connectivity index (χ4v) is 2.30. The Morgan fingerprint density at radius 3 is 2.70 bits per heavy atom. The molecule has 1 aromatic carbocycles. The topological polar surface area (TPSA) is 82.0 Å². The third kappa shape index (κ3) is 1.97. The highest BCUT2D eigenvalue weighted by molar-refractivity contribution is 5.72. The van der Waals surface area contributed by atoms with E-state index in [1.54, 1.807) is 6.07 Å². The average molecular weight is 318 g/mol. The predicted molar refractivity (Wildman–Crippen MR) is 73.5 cm³/mol. The van der Waals surface area contributed by atoms with E-state index in [1.807, 2.05) is 0 Å². The molecule has 2 aromatic heterocycles. The molecule has 0 spiro atoms. The van der Waals surface area contributed by atoms with Crippen molar-refractivity contribution < 1.29 is 18.3 Å². The number of hydrogen-bond donors (Lipinski definition) is 1. The van der Waals surface area contributed by atoms with Crippen LogP contribution in [0.2, 0.25) is 0 Å². The molecule has 23 heavy (non-hydrogen) atoms. The van der Waals surface area contributed by atoms with Crippen LogP contribution in [0.25, 0.3) is 17.1 Å². The standard InChI is InChI=1S/C14H8F2N4O3/c15-10-9-4-7(12(11(10)16)23-6-22-9)8-5-19-20(13(8)21)14-17-2-1-3-18-14/h1-5,19H,6H2. The second-order valence-corrected chi connectivity index (χ2v) is 4.66. The van der Waals surface area contributed by atoms with Crippen LogP contribution in [-0.2, 0) is 0 Å². The number of ether oxygens (including phenoxy) is 2. The highest BCUT2D eigenvalue weighted by atomic mass is 19.2. The third-order valence-electron chi connectivity index (χ3n) is 3.36. The molecule has 0 radical (unpaired) electrons. The quantitative estimate of drug-likeness (QED) is 0.776. The van der Waals surface area contributed by atoms with E-state index in [0.717, 1.165) is 4.68 Å². The molecule has 7 nitrogen and oxygen atoms in total. The molecule has 3 aromatic rings. The average Bonchev–Trinajstić information content (AvgIpc) is 2.75. The Labute approximate surface area is 127 Å². The molecule has 2 aliphatic heterocycles. The lowest BCUT2D eigenvalue weighted by atomic mass is 10.1. The minimum absolute atomic E-state index is 0.0816. The van der Waals surface area contributed by atoms with Gasteiger partial charge in [-0.25, -0.2) is 9.97 Å². The van der Waals surface area contributed by atoms with Gasteiger partial charge in [-0.3, -0.25) is 9.89 Å². The fourth-order valence-electron chi connectivity index (χ4n) is 2.30. The first-order valence-corrected chi connectivity index (χ1v) is 6.52. The number of halogens is 2. The van der Waals surface area contributed by atoms with E-state index in [2.05, 4.69) is 15.1 Å². The molecule has 2 bridgehead atoms. The summed E-state index contributed by atoms with van der Waals surface area (Å²) in [6.45, 7) is -0.341. The normalized spacial score (nSPS) is 12.6. The first-order chi connectivity index (χ1) is 11.2. The van der Waals surface area contributed by atoms with Gasteiger partial charge in [0, 0.05) is 24.2 Å². The summed E-state index contributed by atoms with van der Waals surface area (Å²) in [6.07, 6.45) is 4.29. The van der Waals surface area contributed by atoms with Crippen molar-refractivity contribution in [2.45, 2.75) is 0 Å². The molecule has 0 fully saturated rings. The summed E-state index contributed by atoms with van der Waals surface area (Å²) in [5, 5.41) is 2.68. The molecule has 2 aliphatic rings. The molecule has 0 unspecified atom stereocenters. The van der Waals surface area contributed by atoms with Crippen molar-refractivity contribution in [2.75, 3.05) is 6.79 Å². The number of fused-ring (bicyclic) bond motifs is 4. The van der Waals surface area contributed by atoms with E-state index in [4.69, 9.17) is 9.47 Å². The van der Waals surface area contributed by atoms with Crippen molar-refractivity contribution >= 4 is 0 Å². The first kappa shape index (κ1) is 13.4. The minimum atomic E-state index is -1.20. The number of nitrogens with one attached hydrogen (secondary N) is 1. The molecule has 116 valence electrons. The summed E-state index contributed by atoms with van der Waals surface area (Å²) < 4.78 is 38.7. The lowest BCUT2D eigenvalue weighted by Gasteiger charge is -2.05. The molecular formula is C14H8F2N4O3. The van der Waals surface area contributed by atoms with Crippen molar-refractivity contribution in [3.05, 3.63) is 52.7 Å². The van der Waals surface area contributed by atoms with Crippen LogP contribution in [0.5, 0.6) is 11.5 Å². The molecule has 0 saturated heterocycles. The Balaban J connectivity index is 1.92. The summed E-state index contributed by atoms with van der Waals surface area (Å²) in [6, 6.07) is 2.83. The van der Waals surface area contributed by atoms with E-state index in [1.165, 1.54) is 24.7 Å². The SMILES string of the molecule is O=c1c(-c2cc3c(F)c(F)c2OCO3)c[nH]n1-c1ncccn1. The van der Waals surface area contributed by atoms with E-state index in [0.29, 0.717) is 0 Å². The van der Waals surface area contributed by atoms with Gasteiger partial charge in [0.1, 0.15) is 0 Å². The number of H-pyrrole nitrogens is 1. The third-order valence-corrected chi connectivity index (χ3v) is 3.36. The summed E-state index contributed by atoms with van der Waals surface area (Å²) in [5.41, 5.74) is -0.356. The number of benzene rings is 1. The Morgan fingerprint density at radius 1 is 1.13 bits per heavy atom. The van der Waals surface area contributed by atoms with Crippen LogP contribution >= 0.6 is 0 Å². The lowest BCUT2D eigenvalue weighted by Crippen LogP contribution is -2.18. The molecule has 9 heteroatoms. The zero-order valence-electron chi connectivity index (χ0n) is 11.4. The second kappa shape index (κ2) is 4.90. The Bertz CT molecular complexity index is 953. The van der Waals surface area contributed by atoms with Crippen molar-refractivity contribution in [1.29, 1.82) is 0 Å². The van der Waals surface area contributed by atoms with Gasteiger partial charge in [0.2, 0.25) is 18.4 Å². The highest BCUT2D eigenvalue weighted by Crippen LogP contribution is 2.39. The first-order valence-electron chi connectivity index (χ1n) is 6.52.